The molecule has 0 spiro atoms. The maximum Gasteiger partial charge on any atom is 0.0345 e. The summed E-state index contributed by atoms with van der Waals surface area (Å²) in [7, 11) is 0. The largest absolute Gasteiger partial charge is 0.385 e. The van der Waals surface area contributed by atoms with Crippen molar-refractivity contribution in [3.05, 3.63) is 28.8 Å². The standard InChI is InChI=1S/C16H26N2/c1-12-6-7-14-11-15(10-13(2)16(12)14)18-9-5-3-4-8-17/h10-12,18H,3-9,17H2,1-2H3. The minimum Gasteiger partial charge on any atom is -0.385 e. The van der Waals surface area contributed by atoms with Gasteiger partial charge in [-0.05, 0) is 73.9 Å². The van der Waals surface area contributed by atoms with Gasteiger partial charge in [-0.25, -0.2) is 0 Å². The molecule has 18 heavy (non-hydrogen) atoms. The van der Waals surface area contributed by atoms with E-state index in [2.05, 4.69) is 31.3 Å². The fourth-order valence-corrected chi connectivity index (χ4v) is 3.08. The second-order valence-corrected chi connectivity index (χ2v) is 5.58. The van der Waals surface area contributed by atoms with Crippen molar-refractivity contribution in [2.45, 2.75) is 51.9 Å². The van der Waals surface area contributed by atoms with Crippen LogP contribution < -0.4 is 11.1 Å². The molecule has 2 heteroatoms. The number of benzene rings is 1. The zero-order chi connectivity index (χ0) is 13.0. The van der Waals surface area contributed by atoms with Gasteiger partial charge in [0.15, 0.2) is 0 Å². The normalized spacial score (nSPS) is 17.8. The quantitative estimate of drug-likeness (QED) is 0.753. The highest BCUT2D eigenvalue weighted by Crippen LogP contribution is 2.36. The summed E-state index contributed by atoms with van der Waals surface area (Å²) in [4.78, 5) is 0. The lowest BCUT2D eigenvalue weighted by atomic mass is 9.97. The number of nitrogens with one attached hydrogen (secondary N) is 1. The third-order valence-electron chi connectivity index (χ3n) is 4.02. The lowest BCUT2D eigenvalue weighted by molar-refractivity contribution is 0.707. The Morgan fingerprint density at radius 2 is 2.11 bits per heavy atom. The highest BCUT2D eigenvalue weighted by molar-refractivity contribution is 5.55. The van der Waals surface area contributed by atoms with E-state index in [9.17, 15) is 0 Å². The van der Waals surface area contributed by atoms with Gasteiger partial charge in [-0.1, -0.05) is 13.3 Å². The van der Waals surface area contributed by atoms with Crippen LogP contribution in [0.1, 0.15) is 55.2 Å². The molecule has 1 atom stereocenters. The maximum atomic E-state index is 5.50. The molecule has 0 aliphatic heterocycles. The highest BCUT2D eigenvalue weighted by Gasteiger charge is 2.20. The number of rotatable bonds is 6. The molecule has 0 radical (unpaired) electrons. The number of hydrogen-bond acceptors (Lipinski definition) is 2. The second kappa shape index (κ2) is 6.24. The number of nitrogens with two attached hydrogens (primary N) is 1. The van der Waals surface area contributed by atoms with Crippen LogP contribution in [-0.4, -0.2) is 13.1 Å². The fraction of sp³-hybridized carbons (Fsp3) is 0.625. The maximum absolute atomic E-state index is 5.50. The molecule has 1 aliphatic carbocycles. The summed E-state index contributed by atoms with van der Waals surface area (Å²) in [5.74, 6) is 0.749. The van der Waals surface area contributed by atoms with Gasteiger partial charge in [0.05, 0.1) is 0 Å². The fourth-order valence-electron chi connectivity index (χ4n) is 3.08. The summed E-state index contributed by atoms with van der Waals surface area (Å²) in [6.07, 6.45) is 6.15. The Bertz CT molecular complexity index is 398. The van der Waals surface area contributed by atoms with E-state index in [1.807, 2.05) is 0 Å². The molecular formula is C16H26N2. The van der Waals surface area contributed by atoms with E-state index in [0.29, 0.717) is 0 Å². The van der Waals surface area contributed by atoms with Crippen LogP contribution in [0.3, 0.4) is 0 Å². The van der Waals surface area contributed by atoms with Crippen molar-refractivity contribution >= 4 is 5.69 Å². The van der Waals surface area contributed by atoms with Gasteiger partial charge in [-0.15, -0.1) is 0 Å². The molecule has 0 saturated heterocycles. The van der Waals surface area contributed by atoms with E-state index in [1.165, 1.54) is 36.9 Å². The molecule has 2 nitrogen and oxygen atoms in total. The number of hydrogen-bond donors (Lipinski definition) is 2. The van der Waals surface area contributed by atoms with E-state index in [0.717, 1.165) is 25.4 Å². The van der Waals surface area contributed by atoms with E-state index >= 15 is 0 Å². The van der Waals surface area contributed by atoms with Crippen LogP contribution >= 0.6 is 0 Å². The monoisotopic (exact) mass is 246 g/mol. The molecule has 1 aliphatic rings. The van der Waals surface area contributed by atoms with Gasteiger partial charge < -0.3 is 11.1 Å². The Balaban J connectivity index is 1.93. The van der Waals surface area contributed by atoms with Gasteiger partial charge in [-0.2, -0.15) is 0 Å². The topological polar surface area (TPSA) is 38.0 Å². The first-order chi connectivity index (χ1) is 8.72. The Morgan fingerprint density at radius 1 is 1.28 bits per heavy atom. The number of fused-ring (bicyclic) bond motifs is 1. The zero-order valence-corrected chi connectivity index (χ0v) is 11.8. The van der Waals surface area contributed by atoms with Crippen LogP contribution in [0.2, 0.25) is 0 Å². The Kier molecular flexibility index (Phi) is 4.65. The van der Waals surface area contributed by atoms with Gasteiger partial charge in [-0.3, -0.25) is 0 Å². The molecule has 100 valence electrons. The Morgan fingerprint density at radius 3 is 2.89 bits per heavy atom. The average Bonchev–Trinajstić information content (AvgIpc) is 2.71. The predicted octanol–water partition coefficient (Wildman–Crippen LogP) is 3.59. The molecular weight excluding hydrogens is 220 g/mol. The first-order valence-electron chi connectivity index (χ1n) is 7.29. The van der Waals surface area contributed by atoms with Gasteiger partial charge in [0.1, 0.15) is 0 Å². The van der Waals surface area contributed by atoms with Crippen molar-refractivity contribution in [2.75, 3.05) is 18.4 Å². The van der Waals surface area contributed by atoms with E-state index in [4.69, 9.17) is 5.73 Å². The minimum absolute atomic E-state index is 0.749. The van der Waals surface area contributed by atoms with Gasteiger partial charge in [0.25, 0.3) is 0 Å². The Labute approximate surface area is 111 Å². The highest BCUT2D eigenvalue weighted by atomic mass is 14.9. The van der Waals surface area contributed by atoms with Crippen LogP contribution in [0, 0.1) is 6.92 Å². The van der Waals surface area contributed by atoms with Crippen molar-refractivity contribution in [2.24, 2.45) is 5.73 Å². The predicted molar refractivity (Wildman–Crippen MR) is 79.3 cm³/mol. The van der Waals surface area contributed by atoms with Crippen LogP contribution in [-0.2, 0) is 6.42 Å². The third kappa shape index (κ3) is 3.05. The minimum atomic E-state index is 0.749. The molecule has 0 bridgehead atoms. The molecule has 0 heterocycles. The Hall–Kier alpha value is -1.02. The SMILES string of the molecule is Cc1cc(NCCCCCN)cc2c1C(C)CC2. The molecule has 0 fully saturated rings. The molecule has 1 aromatic rings. The molecule has 3 N–H and O–H groups in total. The van der Waals surface area contributed by atoms with Crippen molar-refractivity contribution < 1.29 is 0 Å². The smallest absolute Gasteiger partial charge is 0.0345 e. The van der Waals surface area contributed by atoms with Crippen LogP contribution in [0.5, 0.6) is 0 Å². The first-order valence-corrected chi connectivity index (χ1v) is 7.29. The molecule has 1 aromatic carbocycles. The van der Waals surface area contributed by atoms with E-state index < -0.39 is 0 Å². The van der Waals surface area contributed by atoms with Crippen molar-refractivity contribution in [1.29, 1.82) is 0 Å². The molecule has 0 saturated carbocycles. The lowest BCUT2D eigenvalue weighted by Gasteiger charge is -2.13. The van der Waals surface area contributed by atoms with Crippen molar-refractivity contribution in [3.63, 3.8) is 0 Å². The molecule has 0 amide bonds. The summed E-state index contributed by atoms with van der Waals surface area (Å²) in [5, 5.41) is 3.55. The molecule has 1 unspecified atom stereocenters. The van der Waals surface area contributed by atoms with E-state index in [-0.39, 0.29) is 0 Å². The lowest BCUT2D eigenvalue weighted by Crippen LogP contribution is -2.05. The summed E-state index contributed by atoms with van der Waals surface area (Å²) < 4.78 is 0. The molecule has 2 rings (SSSR count). The summed E-state index contributed by atoms with van der Waals surface area (Å²) in [6, 6.07) is 4.67. The summed E-state index contributed by atoms with van der Waals surface area (Å²) in [6.45, 7) is 6.47. The van der Waals surface area contributed by atoms with Crippen molar-refractivity contribution in [3.8, 4) is 0 Å². The van der Waals surface area contributed by atoms with Crippen molar-refractivity contribution in [1.82, 2.24) is 0 Å². The second-order valence-electron chi connectivity index (χ2n) is 5.58. The number of anilines is 1. The summed E-state index contributed by atoms with van der Waals surface area (Å²) >= 11 is 0. The zero-order valence-electron chi connectivity index (χ0n) is 11.8. The van der Waals surface area contributed by atoms with Crippen LogP contribution in [0.4, 0.5) is 5.69 Å². The number of unbranched alkanes of at least 4 members (excludes halogenated alkanes) is 2. The first kappa shape index (κ1) is 13.4. The van der Waals surface area contributed by atoms with Gasteiger partial charge >= 0.3 is 0 Å². The van der Waals surface area contributed by atoms with Crippen LogP contribution in [0.15, 0.2) is 12.1 Å². The molecule has 0 aromatic heterocycles. The van der Waals surface area contributed by atoms with Gasteiger partial charge in [0, 0.05) is 12.2 Å². The summed E-state index contributed by atoms with van der Waals surface area (Å²) in [5.41, 5.74) is 11.4. The average molecular weight is 246 g/mol. The third-order valence-corrected chi connectivity index (χ3v) is 4.02. The van der Waals surface area contributed by atoms with Gasteiger partial charge in [0.2, 0.25) is 0 Å². The number of aryl methyl sites for hydroxylation is 2. The van der Waals surface area contributed by atoms with Crippen LogP contribution in [0.25, 0.3) is 0 Å². The van der Waals surface area contributed by atoms with E-state index in [1.54, 1.807) is 11.1 Å².